The Morgan fingerprint density at radius 3 is 2.97 bits per heavy atom. The molecule has 2 aliphatic rings. The van der Waals surface area contributed by atoms with Gasteiger partial charge < -0.3 is 15.1 Å². The van der Waals surface area contributed by atoms with E-state index in [2.05, 4.69) is 10.1 Å². The third-order valence-electron chi connectivity index (χ3n) is 6.68. The fourth-order valence-corrected chi connectivity index (χ4v) is 5.32. The molecule has 0 spiro atoms. The van der Waals surface area contributed by atoms with Crippen LogP contribution in [0.4, 0.5) is 6.01 Å². The molecule has 7 nitrogen and oxygen atoms in total. The standard InChI is InChI=1S/C24H22ClN5O2/c1-29-12-18(13-4-2-6-16(25)8-13)22(28-29)23(31)30-11-15-9-17(15)19(30)10-14-5-3-7-20-21(14)27-24(26)32-20/h2-8,12,15,17,19H,9-11H2,1H3,(H2,26,27)/t15-,17-,19+/m1/s1. The van der Waals surface area contributed by atoms with E-state index in [4.69, 9.17) is 21.8 Å². The predicted molar refractivity (Wildman–Crippen MR) is 122 cm³/mol. The summed E-state index contributed by atoms with van der Waals surface area (Å²) >= 11 is 6.20. The summed E-state index contributed by atoms with van der Waals surface area (Å²) in [6, 6.07) is 13.6. The fourth-order valence-electron chi connectivity index (χ4n) is 5.13. The summed E-state index contributed by atoms with van der Waals surface area (Å²) in [4.78, 5) is 20.1. The number of aromatic nitrogens is 3. The van der Waals surface area contributed by atoms with Crippen molar-refractivity contribution in [1.82, 2.24) is 19.7 Å². The van der Waals surface area contributed by atoms with Crippen LogP contribution in [-0.2, 0) is 13.5 Å². The van der Waals surface area contributed by atoms with E-state index in [9.17, 15) is 4.79 Å². The number of fused-ring (bicyclic) bond motifs is 2. The van der Waals surface area contributed by atoms with Crippen LogP contribution in [0.3, 0.4) is 0 Å². The summed E-state index contributed by atoms with van der Waals surface area (Å²) < 4.78 is 7.18. The van der Waals surface area contributed by atoms with Crippen LogP contribution >= 0.6 is 11.6 Å². The second-order valence-electron chi connectivity index (χ2n) is 8.78. The molecule has 0 bridgehead atoms. The molecule has 8 heteroatoms. The normalized spacial score (nSPS) is 21.8. The quantitative estimate of drug-likeness (QED) is 0.507. The van der Waals surface area contributed by atoms with Gasteiger partial charge in [-0.2, -0.15) is 10.1 Å². The number of nitrogens with two attached hydrogens (primary N) is 1. The van der Waals surface area contributed by atoms with E-state index in [1.165, 1.54) is 0 Å². The monoisotopic (exact) mass is 447 g/mol. The van der Waals surface area contributed by atoms with Crippen molar-refractivity contribution in [3.8, 4) is 11.1 Å². The average molecular weight is 448 g/mol. The molecule has 1 amide bonds. The number of aryl methyl sites for hydroxylation is 1. The lowest BCUT2D eigenvalue weighted by Gasteiger charge is -2.27. The number of piperidine rings is 1. The minimum atomic E-state index is -0.0374. The Morgan fingerprint density at radius 2 is 2.12 bits per heavy atom. The minimum Gasteiger partial charge on any atom is -0.424 e. The van der Waals surface area contributed by atoms with Crippen molar-refractivity contribution in [3.05, 3.63) is 64.9 Å². The number of rotatable bonds is 4. The van der Waals surface area contributed by atoms with E-state index < -0.39 is 0 Å². The van der Waals surface area contributed by atoms with Crippen LogP contribution in [0, 0.1) is 11.8 Å². The van der Waals surface area contributed by atoms with E-state index in [0.29, 0.717) is 28.1 Å². The van der Waals surface area contributed by atoms with Gasteiger partial charge in [-0.3, -0.25) is 9.48 Å². The molecule has 1 saturated heterocycles. The first-order valence-electron chi connectivity index (χ1n) is 10.7. The van der Waals surface area contributed by atoms with Crippen molar-refractivity contribution in [1.29, 1.82) is 0 Å². The zero-order valence-corrected chi connectivity index (χ0v) is 18.3. The van der Waals surface area contributed by atoms with Crippen molar-refractivity contribution in [2.75, 3.05) is 12.3 Å². The Labute approximate surface area is 189 Å². The van der Waals surface area contributed by atoms with Gasteiger partial charge in [0, 0.05) is 36.4 Å². The fraction of sp³-hybridized carbons (Fsp3) is 0.292. The molecular weight excluding hydrogens is 426 g/mol. The van der Waals surface area contributed by atoms with Crippen molar-refractivity contribution < 1.29 is 9.21 Å². The third-order valence-corrected chi connectivity index (χ3v) is 6.91. The Hall–Kier alpha value is -3.32. The topological polar surface area (TPSA) is 90.2 Å². The molecule has 32 heavy (non-hydrogen) atoms. The van der Waals surface area contributed by atoms with Gasteiger partial charge in [-0.05, 0) is 54.0 Å². The van der Waals surface area contributed by atoms with Crippen LogP contribution in [0.15, 0.2) is 53.1 Å². The van der Waals surface area contributed by atoms with Crippen LogP contribution in [0.5, 0.6) is 0 Å². The summed E-state index contributed by atoms with van der Waals surface area (Å²) in [5.74, 6) is 1.03. The number of carbonyl (C=O) groups is 1. The molecule has 4 aromatic rings. The summed E-state index contributed by atoms with van der Waals surface area (Å²) in [7, 11) is 1.83. The van der Waals surface area contributed by atoms with Gasteiger partial charge in [0.2, 0.25) is 0 Å². The van der Waals surface area contributed by atoms with Crippen molar-refractivity contribution in [3.63, 3.8) is 0 Å². The van der Waals surface area contributed by atoms with Gasteiger partial charge >= 0.3 is 0 Å². The molecule has 1 aliphatic heterocycles. The summed E-state index contributed by atoms with van der Waals surface area (Å²) in [6.07, 6.45) is 3.76. The number of likely N-dealkylation sites (tertiary alicyclic amines) is 1. The summed E-state index contributed by atoms with van der Waals surface area (Å²) in [5, 5.41) is 5.16. The first-order chi connectivity index (χ1) is 15.5. The number of oxazole rings is 1. The largest absolute Gasteiger partial charge is 0.424 e. The van der Waals surface area contributed by atoms with Gasteiger partial charge in [0.05, 0.1) is 0 Å². The van der Waals surface area contributed by atoms with E-state index in [1.54, 1.807) is 4.68 Å². The second kappa shape index (κ2) is 7.10. The molecule has 1 saturated carbocycles. The highest BCUT2D eigenvalue weighted by Gasteiger charge is 2.54. The Kier molecular flexibility index (Phi) is 4.30. The number of para-hydroxylation sites is 1. The Morgan fingerprint density at radius 1 is 1.28 bits per heavy atom. The Bertz CT molecular complexity index is 1360. The number of hydrogen-bond acceptors (Lipinski definition) is 5. The van der Waals surface area contributed by atoms with Gasteiger partial charge in [-0.1, -0.05) is 35.9 Å². The Balaban J connectivity index is 1.34. The van der Waals surface area contributed by atoms with Crippen LogP contribution in [0.25, 0.3) is 22.2 Å². The molecule has 0 unspecified atom stereocenters. The van der Waals surface area contributed by atoms with Crippen LogP contribution < -0.4 is 5.73 Å². The molecule has 2 N–H and O–H groups in total. The molecule has 2 aromatic heterocycles. The van der Waals surface area contributed by atoms with E-state index in [1.807, 2.05) is 60.6 Å². The number of nitrogen functional groups attached to an aromatic ring is 1. The van der Waals surface area contributed by atoms with E-state index >= 15 is 0 Å². The van der Waals surface area contributed by atoms with Crippen LogP contribution in [0.1, 0.15) is 22.5 Å². The number of nitrogens with zero attached hydrogens (tertiary/aromatic N) is 4. The number of hydrogen-bond donors (Lipinski definition) is 1. The number of halogens is 1. The van der Waals surface area contributed by atoms with E-state index in [-0.39, 0.29) is 18.0 Å². The highest BCUT2D eigenvalue weighted by Crippen LogP contribution is 2.51. The number of benzene rings is 2. The SMILES string of the molecule is Cn1cc(-c2cccc(Cl)c2)c(C(=O)N2C[C@H]3C[C@H]3[C@@H]2Cc2cccc3oc(N)nc23)n1. The average Bonchev–Trinajstić information content (AvgIpc) is 3.07. The molecule has 2 aromatic carbocycles. The molecule has 3 atom stereocenters. The van der Waals surface area contributed by atoms with Crippen molar-refractivity contribution in [2.45, 2.75) is 18.9 Å². The molecule has 0 radical (unpaired) electrons. The van der Waals surface area contributed by atoms with Crippen LogP contribution in [0.2, 0.25) is 5.02 Å². The lowest BCUT2D eigenvalue weighted by atomic mass is 10.00. The molecule has 6 rings (SSSR count). The second-order valence-corrected chi connectivity index (χ2v) is 9.22. The number of carbonyl (C=O) groups excluding carboxylic acids is 1. The van der Waals surface area contributed by atoms with Gasteiger partial charge in [0.1, 0.15) is 5.52 Å². The van der Waals surface area contributed by atoms with E-state index in [0.717, 1.165) is 41.6 Å². The maximum atomic E-state index is 13.7. The molecule has 2 fully saturated rings. The first-order valence-corrected chi connectivity index (χ1v) is 11.1. The molecule has 3 heterocycles. The predicted octanol–water partition coefficient (Wildman–Crippen LogP) is 4.17. The highest BCUT2D eigenvalue weighted by atomic mass is 35.5. The number of anilines is 1. The zero-order chi connectivity index (χ0) is 22.0. The third kappa shape index (κ3) is 3.15. The summed E-state index contributed by atoms with van der Waals surface area (Å²) in [5.41, 5.74) is 10.4. The van der Waals surface area contributed by atoms with Crippen LogP contribution in [-0.4, -0.2) is 38.2 Å². The lowest BCUT2D eigenvalue weighted by molar-refractivity contribution is 0.0700. The maximum Gasteiger partial charge on any atom is 0.292 e. The van der Waals surface area contributed by atoms with Gasteiger partial charge in [0.15, 0.2) is 11.3 Å². The van der Waals surface area contributed by atoms with Crippen molar-refractivity contribution in [2.24, 2.45) is 18.9 Å². The smallest absolute Gasteiger partial charge is 0.292 e. The van der Waals surface area contributed by atoms with Crippen molar-refractivity contribution >= 4 is 34.6 Å². The lowest BCUT2D eigenvalue weighted by Crippen LogP contribution is -2.40. The number of amides is 1. The zero-order valence-electron chi connectivity index (χ0n) is 17.5. The first kappa shape index (κ1) is 19.4. The molecule has 162 valence electrons. The van der Waals surface area contributed by atoms with Gasteiger partial charge in [-0.15, -0.1) is 0 Å². The maximum absolute atomic E-state index is 13.7. The molecular formula is C24H22ClN5O2. The highest BCUT2D eigenvalue weighted by molar-refractivity contribution is 6.30. The van der Waals surface area contributed by atoms with Gasteiger partial charge in [0.25, 0.3) is 11.9 Å². The molecule has 1 aliphatic carbocycles. The summed E-state index contributed by atoms with van der Waals surface area (Å²) in [6.45, 7) is 0.761. The minimum absolute atomic E-state index is 0.0374. The van der Waals surface area contributed by atoms with Gasteiger partial charge in [-0.25, -0.2) is 0 Å².